The molecule has 3 rings (SSSR count). The van der Waals surface area contributed by atoms with Gasteiger partial charge in [0.15, 0.2) is 0 Å². The number of aryl methyl sites for hydroxylation is 1. The summed E-state index contributed by atoms with van der Waals surface area (Å²) in [6, 6.07) is 14.9. The summed E-state index contributed by atoms with van der Waals surface area (Å²) in [6.07, 6.45) is 5.24. The standard InChI is InChI=1S/C16H14BrN/c1-2-12-11-15(17)13-7-3-4-8-14(13)16(12)18-9-5-6-10-18/h3-11H,2H2,1H3. The maximum atomic E-state index is 3.68. The second-order valence-corrected chi connectivity index (χ2v) is 5.21. The van der Waals surface area contributed by atoms with E-state index < -0.39 is 0 Å². The molecule has 2 aromatic carbocycles. The van der Waals surface area contributed by atoms with Crippen LogP contribution in [0, 0.1) is 0 Å². The van der Waals surface area contributed by atoms with E-state index >= 15 is 0 Å². The van der Waals surface area contributed by atoms with Gasteiger partial charge in [0.25, 0.3) is 0 Å². The lowest BCUT2D eigenvalue weighted by Gasteiger charge is -2.14. The molecule has 0 bridgehead atoms. The minimum absolute atomic E-state index is 1.02. The highest BCUT2D eigenvalue weighted by Gasteiger charge is 2.10. The van der Waals surface area contributed by atoms with Gasteiger partial charge in [0.1, 0.15) is 0 Å². The lowest BCUT2D eigenvalue weighted by atomic mass is 10.0. The maximum absolute atomic E-state index is 3.68. The molecule has 0 aliphatic carbocycles. The summed E-state index contributed by atoms with van der Waals surface area (Å²) in [6.45, 7) is 2.20. The molecule has 0 fully saturated rings. The summed E-state index contributed by atoms with van der Waals surface area (Å²) in [5.41, 5.74) is 2.65. The van der Waals surface area contributed by atoms with Crippen LogP contribution in [-0.4, -0.2) is 4.57 Å². The monoisotopic (exact) mass is 299 g/mol. The van der Waals surface area contributed by atoms with Gasteiger partial charge in [-0.15, -0.1) is 0 Å². The third-order valence-corrected chi connectivity index (χ3v) is 3.94. The molecular formula is C16H14BrN. The molecule has 18 heavy (non-hydrogen) atoms. The van der Waals surface area contributed by atoms with Crippen LogP contribution in [0.3, 0.4) is 0 Å². The molecule has 1 aromatic heterocycles. The molecule has 0 N–H and O–H groups in total. The first-order valence-electron chi connectivity index (χ1n) is 6.14. The quantitative estimate of drug-likeness (QED) is 0.630. The van der Waals surface area contributed by atoms with Crippen molar-refractivity contribution in [2.75, 3.05) is 0 Å². The van der Waals surface area contributed by atoms with Crippen LogP contribution in [0.5, 0.6) is 0 Å². The number of nitrogens with zero attached hydrogens (tertiary/aromatic N) is 1. The predicted molar refractivity (Wildman–Crippen MR) is 80.4 cm³/mol. The van der Waals surface area contributed by atoms with Crippen LogP contribution in [0.1, 0.15) is 12.5 Å². The highest BCUT2D eigenvalue weighted by molar-refractivity contribution is 9.10. The molecule has 0 spiro atoms. The topological polar surface area (TPSA) is 4.93 Å². The fourth-order valence-electron chi connectivity index (χ4n) is 2.43. The third-order valence-electron chi connectivity index (χ3n) is 3.29. The summed E-state index contributed by atoms with van der Waals surface area (Å²) < 4.78 is 3.37. The van der Waals surface area contributed by atoms with E-state index in [1.807, 2.05) is 0 Å². The first-order valence-corrected chi connectivity index (χ1v) is 6.94. The number of hydrogen-bond donors (Lipinski definition) is 0. The Labute approximate surface area is 115 Å². The second kappa shape index (κ2) is 4.62. The molecule has 0 aliphatic heterocycles. The Morgan fingerprint density at radius 2 is 1.67 bits per heavy atom. The molecule has 0 saturated carbocycles. The average molecular weight is 300 g/mol. The zero-order chi connectivity index (χ0) is 12.5. The van der Waals surface area contributed by atoms with Crippen LogP contribution in [-0.2, 0) is 6.42 Å². The molecule has 0 aliphatic rings. The zero-order valence-electron chi connectivity index (χ0n) is 10.2. The Bertz CT molecular complexity index is 684. The van der Waals surface area contributed by atoms with Gasteiger partial charge in [0.05, 0.1) is 5.69 Å². The van der Waals surface area contributed by atoms with E-state index in [1.54, 1.807) is 0 Å². The summed E-state index contributed by atoms with van der Waals surface area (Å²) >= 11 is 3.68. The van der Waals surface area contributed by atoms with Crippen LogP contribution in [0.25, 0.3) is 16.5 Å². The Hall–Kier alpha value is -1.54. The molecule has 0 radical (unpaired) electrons. The van der Waals surface area contributed by atoms with E-state index in [9.17, 15) is 0 Å². The summed E-state index contributed by atoms with van der Waals surface area (Å²) in [5, 5.41) is 2.55. The van der Waals surface area contributed by atoms with Crippen molar-refractivity contribution < 1.29 is 0 Å². The van der Waals surface area contributed by atoms with Crippen molar-refractivity contribution in [1.82, 2.24) is 4.57 Å². The molecule has 0 amide bonds. The van der Waals surface area contributed by atoms with E-state index in [0.29, 0.717) is 0 Å². The second-order valence-electron chi connectivity index (χ2n) is 4.36. The smallest absolute Gasteiger partial charge is 0.0560 e. The van der Waals surface area contributed by atoms with Crippen molar-refractivity contribution in [2.45, 2.75) is 13.3 Å². The third kappa shape index (κ3) is 1.77. The summed E-state index contributed by atoms with van der Waals surface area (Å²) in [5.74, 6) is 0. The molecule has 1 heterocycles. The molecule has 90 valence electrons. The van der Waals surface area contributed by atoms with Gasteiger partial charge in [0, 0.05) is 22.3 Å². The first-order chi connectivity index (χ1) is 8.81. The Balaban J connectivity index is 2.44. The van der Waals surface area contributed by atoms with Gasteiger partial charge in [-0.25, -0.2) is 0 Å². The fourth-order valence-corrected chi connectivity index (χ4v) is 3.05. The van der Waals surface area contributed by atoms with E-state index in [2.05, 4.69) is 82.3 Å². The number of aromatic nitrogens is 1. The predicted octanol–water partition coefficient (Wildman–Crippen LogP) is 4.96. The number of halogens is 1. The van der Waals surface area contributed by atoms with Crippen LogP contribution in [0.15, 0.2) is 59.3 Å². The lowest BCUT2D eigenvalue weighted by Crippen LogP contribution is -1.98. The Morgan fingerprint density at radius 3 is 2.33 bits per heavy atom. The number of rotatable bonds is 2. The minimum atomic E-state index is 1.02. The van der Waals surface area contributed by atoms with Crippen LogP contribution in [0.2, 0.25) is 0 Å². The van der Waals surface area contributed by atoms with Crippen LogP contribution in [0.4, 0.5) is 0 Å². The highest BCUT2D eigenvalue weighted by Crippen LogP contribution is 2.32. The Kier molecular flexibility index (Phi) is 2.96. The molecule has 0 atom stereocenters. The SMILES string of the molecule is CCc1cc(Br)c2ccccc2c1-n1cccc1. The van der Waals surface area contributed by atoms with E-state index in [-0.39, 0.29) is 0 Å². The van der Waals surface area contributed by atoms with Gasteiger partial charge < -0.3 is 4.57 Å². The number of hydrogen-bond acceptors (Lipinski definition) is 0. The molecule has 3 aromatic rings. The van der Waals surface area contributed by atoms with E-state index in [1.165, 1.54) is 26.5 Å². The van der Waals surface area contributed by atoms with Crippen molar-refractivity contribution in [2.24, 2.45) is 0 Å². The minimum Gasteiger partial charge on any atom is -0.323 e. The van der Waals surface area contributed by atoms with Gasteiger partial charge in [-0.1, -0.05) is 47.1 Å². The lowest BCUT2D eigenvalue weighted by molar-refractivity contribution is 1.03. The van der Waals surface area contributed by atoms with Crippen LogP contribution < -0.4 is 0 Å². The first kappa shape index (κ1) is 11.5. The zero-order valence-corrected chi connectivity index (χ0v) is 11.8. The van der Waals surface area contributed by atoms with Crippen molar-refractivity contribution in [3.63, 3.8) is 0 Å². The summed E-state index contributed by atoms with van der Waals surface area (Å²) in [4.78, 5) is 0. The molecule has 2 heteroatoms. The van der Waals surface area contributed by atoms with E-state index in [0.717, 1.165) is 6.42 Å². The van der Waals surface area contributed by atoms with Crippen molar-refractivity contribution in [3.05, 3.63) is 64.9 Å². The Morgan fingerprint density at radius 1 is 1.00 bits per heavy atom. The molecule has 1 nitrogen and oxygen atoms in total. The molecular weight excluding hydrogens is 286 g/mol. The average Bonchev–Trinajstić information content (AvgIpc) is 2.92. The highest BCUT2D eigenvalue weighted by atomic mass is 79.9. The van der Waals surface area contributed by atoms with Gasteiger partial charge in [-0.2, -0.15) is 0 Å². The van der Waals surface area contributed by atoms with Gasteiger partial charge in [0.2, 0.25) is 0 Å². The fraction of sp³-hybridized carbons (Fsp3) is 0.125. The van der Waals surface area contributed by atoms with Gasteiger partial charge >= 0.3 is 0 Å². The van der Waals surface area contributed by atoms with Crippen LogP contribution >= 0.6 is 15.9 Å². The van der Waals surface area contributed by atoms with Crippen molar-refractivity contribution in [1.29, 1.82) is 0 Å². The van der Waals surface area contributed by atoms with Crippen molar-refractivity contribution >= 4 is 26.7 Å². The molecule has 0 saturated heterocycles. The van der Waals surface area contributed by atoms with Gasteiger partial charge in [-0.3, -0.25) is 0 Å². The largest absolute Gasteiger partial charge is 0.323 e. The molecule has 0 unspecified atom stereocenters. The summed E-state index contributed by atoms with van der Waals surface area (Å²) in [7, 11) is 0. The number of fused-ring (bicyclic) bond motifs is 1. The van der Waals surface area contributed by atoms with Gasteiger partial charge in [-0.05, 0) is 35.6 Å². The maximum Gasteiger partial charge on any atom is 0.0560 e. The normalized spacial score (nSPS) is 11.0. The number of benzene rings is 2. The van der Waals surface area contributed by atoms with E-state index in [4.69, 9.17) is 0 Å². The van der Waals surface area contributed by atoms with Crippen molar-refractivity contribution in [3.8, 4) is 5.69 Å².